The molecule has 0 radical (unpaired) electrons. The van der Waals surface area contributed by atoms with E-state index in [4.69, 9.17) is 0 Å². The van der Waals surface area contributed by atoms with Crippen LogP contribution in [0.5, 0.6) is 0 Å². The molecule has 1 unspecified atom stereocenters. The van der Waals surface area contributed by atoms with Crippen LogP contribution in [0.15, 0.2) is 0 Å². The number of amides is 3. The van der Waals surface area contributed by atoms with Crippen LogP contribution in [0.4, 0.5) is 13.2 Å². The van der Waals surface area contributed by atoms with Crippen molar-refractivity contribution < 1.29 is 27.6 Å². The zero-order chi connectivity index (χ0) is 14.5. The normalized spacial score (nSPS) is 19.6. The Balaban J connectivity index is 2.15. The summed E-state index contributed by atoms with van der Waals surface area (Å²) in [6.07, 6.45) is -3.85. The molecule has 9 heteroatoms. The van der Waals surface area contributed by atoms with Crippen LogP contribution >= 0.6 is 0 Å². The molecule has 6 nitrogen and oxygen atoms in total. The lowest BCUT2D eigenvalue weighted by Crippen LogP contribution is -2.56. The first-order valence-corrected chi connectivity index (χ1v) is 5.73. The number of piperazine rings is 1. The number of rotatable bonds is 5. The van der Waals surface area contributed by atoms with Crippen LogP contribution in [0.25, 0.3) is 0 Å². The van der Waals surface area contributed by atoms with Gasteiger partial charge in [-0.15, -0.1) is 0 Å². The Hall–Kier alpha value is -1.80. The first kappa shape index (κ1) is 15.3. The smallest absolute Gasteiger partial charge is 0.348 e. The second-order valence-electron chi connectivity index (χ2n) is 4.09. The Morgan fingerprint density at radius 1 is 1.32 bits per heavy atom. The van der Waals surface area contributed by atoms with E-state index >= 15 is 0 Å². The Kier molecular flexibility index (Phi) is 5.13. The first-order valence-electron chi connectivity index (χ1n) is 5.73. The van der Waals surface area contributed by atoms with E-state index in [2.05, 4.69) is 10.6 Å². The highest BCUT2D eigenvalue weighted by Crippen LogP contribution is 2.14. The molecule has 1 rings (SSSR count). The van der Waals surface area contributed by atoms with Crippen molar-refractivity contribution in [2.24, 2.45) is 0 Å². The fourth-order valence-corrected chi connectivity index (χ4v) is 1.58. The van der Waals surface area contributed by atoms with Crippen molar-refractivity contribution in [2.75, 3.05) is 13.1 Å². The summed E-state index contributed by atoms with van der Waals surface area (Å²) in [5.41, 5.74) is 0. The summed E-state index contributed by atoms with van der Waals surface area (Å²) in [7, 11) is 0. The van der Waals surface area contributed by atoms with E-state index in [0.717, 1.165) is 0 Å². The first-order chi connectivity index (χ1) is 8.80. The van der Waals surface area contributed by atoms with Gasteiger partial charge in [0.25, 0.3) is 0 Å². The Labute approximate surface area is 107 Å². The van der Waals surface area contributed by atoms with Crippen molar-refractivity contribution in [2.45, 2.75) is 31.5 Å². The second-order valence-corrected chi connectivity index (χ2v) is 4.09. The van der Waals surface area contributed by atoms with Crippen molar-refractivity contribution in [1.82, 2.24) is 16.0 Å². The van der Waals surface area contributed by atoms with Gasteiger partial charge in [-0.1, -0.05) is 0 Å². The van der Waals surface area contributed by atoms with E-state index < -0.39 is 18.1 Å². The van der Waals surface area contributed by atoms with Crippen molar-refractivity contribution in [1.29, 1.82) is 0 Å². The third kappa shape index (κ3) is 5.14. The van der Waals surface area contributed by atoms with E-state index in [-0.39, 0.29) is 24.9 Å². The molecule has 0 aromatic carbocycles. The lowest BCUT2D eigenvalue weighted by molar-refractivity contribution is -0.173. The minimum Gasteiger partial charge on any atom is -0.348 e. The van der Waals surface area contributed by atoms with Crippen LogP contribution in [0, 0.1) is 0 Å². The van der Waals surface area contributed by atoms with Gasteiger partial charge in [0.2, 0.25) is 11.8 Å². The monoisotopic (exact) mass is 281 g/mol. The Morgan fingerprint density at radius 3 is 2.63 bits per heavy atom. The predicted octanol–water partition coefficient (Wildman–Crippen LogP) is -0.550. The summed E-state index contributed by atoms with van der Waals surface area (Å²) in [4.78, 5) is 32.8. The number of unbranched alkanes of at least 4 members (excludes halogenated alkanes) is 1. The molecule has 1 aliphatic heterocycles. The predicted molar refractivity (Wildman–Crippen MR) is 57.9 cm³/mol. The molecule has 1 saturated heterocycles. The van der Waals surface area contributed by atoms with E-state index in [0.29, 0.717) is 19.3 Å². The molecule has 1 aliphatic rings. The summed E-state index contributed by atoms with van der Waals surface area (Å²) in [6, 6.07) is -0.653. The van der Waals surface area contributed by atoms with Gasteiger partial charge in [0.1, 0.15) is 6.04 Å². The molecule has 0 bridgehead atoms. The highest BCUT2D eigenvalue weighted by molar-refractivity contribution is 5.94. The molecular formula is C10H14F3N3O3. The molecule has 1 fully saturated rings. The van der Waals surface area contributed by atoms with Crippen molar-refractivity contribution in [3.8, 4) is 0 Å². The van der Waals surface area contributed by atoms with E-state index in [1.165, 1.54) is 0 Å². The molecular weight excluding hydrogens is 267 g/mol. The van der Waals surface area contributed by atoms with Gasteiger partial charge in [0.15, 0.2) is 0 Å². The van der Waals surface area contributed by atoms with Crippen molar-refractivity contribution in [3.63, 3.8) is 0 Å². The topological polar surface area (TPSA) is 87.3 Å². The van der Waals surface area contributed by atoms with Gasteiger partial charge in [0, 0.05) is 6.54 Å². The van der Waals surface area contributed by atoms with Crippen molar-refractivity contribution >= 4 is 17.7 Å². The fourth-order valence-electron chi connectivity index (χ4n) is 1.58. The molecule has 0 saturated carbocycles. The quantitative estimate of drug-likeness (QED) is 0.591. The summed E-state index contributed by atoms with van der Waals surface area (Å²) < 4.78 is 35.5. The minimum absolute atomic E-state index is 0.0586. The summed E-state index contributed by atoms with van der Waals surface area (Å²) in [6.45, 7) is -0.183. The van der Waals surface area contributed by atoms with Crippen LogP contribution in [-0.4, -0.2) is 43.0 Å². The van der Waals surface area contributed by atoms with Crippen LogP contribution in [0.1, 0.15) is 19.3 Å². The molecule has 108 valence electrons. The molecule has 19 heavy (non-hydrogen) atoms. The van der Waals surface area contributed by atoms with E-state index in [1.54, 1.807) is 5.32 Å². The third-order valence-electron chi connectivity index (χ3n) is 2.54. The molecule has 0 aliphatic carbocycles. The lowest BCUT2D eigenvalue weighted by atomic mass is 10.1. The average Bonchev–Trinajstić information content (AvgIpc) is 2.31. The maximum atomic E-state index is 11.8. The van der Waals surface area contributed by atoms with Crippen LogP contribution < -0.4 is 16.0 Å². The van der Waals surface area contributed by atoms with Gasteiger partial charge in [-0.25, -0.2) is 0 Å². The van der Waals surface area contributed by atoms with E-state index in [1.807, 2.05) is 0 Å². The highest BCUT2D eigenvalue weighted by Gasteiger charge is 2.38. The molecule has 1 heterocycles. The maximum Gasteiger partial charge on any atom is 0.471 e. The van der Waals surface area contributed by atoms with E-state index in [9.17, 15) is 27.6 Å². The third-order valence-corrected chi connectivity index (χ3v) is 2.54. The Bertz CT molecular complexity index is 371. The van der Waals surface area contributed by atoms with Gasteiger partial charge in [-0.05, 0) is 19.3 Å². The molecule has 3 N–H and O–H groups in total. The van der Waals surface area contributed by atoms with Crippen LogP contribution in [-0.2, 0) is 14.4 Å². The number of halogens is 3. The minimum atomic E-state index is -4.88. The molecule has 3 amide bonds. The number of hydrogen-bond acceptors (Lipinski definition) is 3. The van der Waals surface area contributed by atoms with Crippen LogP contribution in [0.3, 0.4) is 0 Å². The van der Waals surface area contributed by atoms with Gasteiger partial charge in [-0.2, -0.15) is 13.2 Å². The average molecular weight is 281 g/mol. The molecule has 0 spiro atoms. The lowest BCUT2D eigenvalue weighted by Gasteiger charge is -2.22. The zero-order valence-electron chi connectivity index (χ0n) is 9.97. The fraction of sp³-hybridized carbons (Fsp3) is 0.700. The SMILES string of the molecule is O=C1CNC(=O)C(CCCCNC(=O)C(F)(F)F)N1. The number of nitrogens with one attached hydrogen (secondary N) is 3. The number of alkyl halides is 3. The standard InChI is InChI=1S/C10H14F3N3O3/c11-10(12,13)9(19)14-4-2-1-3-6-8(18)15-5-7(17)16-6/h6H,1-5H2,(H,14,19)(H,15,18)(H,16,17). The molecule has 1 atom stereocenters. The highest BCUT2D eigenvalue weighted by atomic mass is 19.4. The summed E-state index contributed by atoms with van der Waals surface area (Å²) in [5, 5.41) is 6.59. The maximum absolute atomic E-state index is 11.8. The van der Waals surface area contributed by atoms with Gasteiger partial charge in [-0.3, -0.25) is 14.4 Å². The zero-order valence-corrected chi connectivity index (χ0v) is 9.97. The summed E-state index contributed by atoms with van der Waals surface area (Å²) in [5.74, 6) is -2.58. The van der Waals surface area contributed by atoms with Crippen molar-refractivity contribution in [3.05, 3.63) is 0 Å². The molecule has 0 aromatic heterocycles. The largest absolute Gasteiger partial charge is 0.471 e. The number of hydrogen-bond donors (Lipinski definition) is 3. The Morgan fingerprint density at radius 2 is 2.00 bits per heavy atom. The molecule has 0 aromatic rings. The van der Waals surface area contributed by atoms with Gasteiger partial charge in [0.05, 0.1) is 6.54 Å². The second kappa shape index (κ2) is 6.39. The summed E-state index contributed by atoms with van der Waals surface area (Å²) >= 11 is 0. The van der Waals surface area contributed by atoms with Gasteiger partial charge >= 0.3 is 12.1 Å². The van der Waals surface area contributed by atoms with Gasteiger partial charge < -0.3 is 16.0 Å². The van der Waals surface area contributed by atoms with Crippen LogP contribution in [0.2, 0.25) is 0 Å². The number of carbonyl (C=O) groups is 3. The number of carbonyl (C=O) groups excluding carboxylic acids is 3.